The molecule has 1 aliphatic rings. The number of nitrogens with zero attached hydrogens (tertiary/aromatic N) is 2. The lowest BCUT2D eigenvalue weighted by Gasteiger charge is -2.11. The van der Waals surface area contributed by atoms with Crippen molar-refractivity contribution in [3.63, 3.8) is 0 Å². The zero-order valence-corrected chi connectivity index (χ0v) is 12.4. The highest BCUT2D eigenvalue weighted by Crippen LogP contribution is 2.24. The fourth-order valence-electron chi connectivity index (χ4n) is 2.38. The number of aryl methyl sites for hydroxylation is 2. The molecule has 0 fully saturated rings. The van der Waals surface area contributed by atoms with Gasteiger partial charge in [-0.25, -0.2) is 9.78 Å². The Kier molecular flexibility index (Phi) is 3.61. The third kappa shape index (κ3) is 2.69. The van der Waals surface area contributed by atoms with Crippen LogP contribution in [0.3, 0.4) is 0 Å². The van der Waals surface area contributed by atoms with Crippen LogP contribution in [0.25, 0.3) is 0 Å². The van der Waals surface area contributed by atoms with Crippen LogP contribution in [0, 0.1) is 0 Å². The number of imidazole rings is 1. The summed E-state index contributed by atoms with van der Waals surface area (Å²) in [6.45, 7) is 0.726. The number of carboxylic acids is 1. The maximum absolute atomic E-state index is 12.3. The van der Waals surface area contributed by atoms with Crippen LogP contribution in [-0.2, 0) is 23.1 Å². The Morgan fingerprint density at radius 3 is 2.77 bits per heavy atom. The van der Waals surface area contributed by atoms with E-state index in [1.807, 2.05) is 0 Å². The molecular weight excluding hydrogens is 308 g/mol. The van der Waals surface area contributed by atoms with Gasteiger partial charge in [-0.1, -0.05) is 12.1 Å². The summed E-state index contributed by atoms with van der Waals surface area (Å²) in [6.07, 6.45) is 4.11. The van der Waals surface area contributed by atoms with E-state index >= 15 is 0 Å². The third-order valence-electron chi connectivity index (χ3n) is 3.46. The van der Waals surface area contributed by atoms with Gasteiger partial charge in [-0.05, 0) is 25.0 Å². The van der Waals surface area contributed by atoms with E-state index in [1.54, 1.807) is 4.57 Å². The van der Waals surface area contributed by atoms with Crippen molar-refractivity contribution in [2.45, 2.75) is 30.8 Å². The lowest BCUT2D eigenvalue weighted by atomic mass is 10.2. The van der Waals surface area contributed by atoms with Crippen LogP contribution in [-0.4, -0.2) is 29.0 Å². The lowest BCUT2D eigenvalue weighted by Crippen LogP contribution is -2.13. The van der Waals surface area contributed by atoms with Crippen molar-refractivity contribution in [2.24, 2.45) is 0 Å². The summed E-state index contributed by atoms with van der Waals surface area (Å²) < 4.78 is 31.4. The number of benzene rings is 1. The number of rotatable bonds is 4. The molecule has 1 aliphatic heterocycles. The van der Waals surface area contributed by atoms with E-state index < -0.39 is 16.1 Å². The molecule has 1 aromatic heterocycles. The molecule has 0 unspecified atom stereocenters. The highest BCUT2D eigenvalue weighted by molar-refractivity contribution is 7.87. The number of carbonyl (C=O) groups is 1. The van der Waals surface area contributed by atoms with Gasteiger partial charge >= 0.3 is 16.1 Å². The molecule has 7 nitrogen and oxygen atoms in total. The first-order chi connectivity index (χ1) is 10.5. The largest absolute Gasteiger partial charge is 0.478 e. The second kappa shape index (κ2) is 5.45. The Morgan fingerprint density at radius 2 is 2.05 bits per heavy atom. The Hall–Kier alpha value is -2.35. The van der Waals surface area contributed by atoms with Gasteiger partial charge in [0.2, 0.25) is 5.03 Å². The predicted octanol–water partition coefficient (Wildman–Crippen LogP) is 1.69. The average Bonchev–Trinajstić information content (AvgIpc) is 2.92. The van der Waals surface area contributed by atoms with Crippen molar-refractivity contribution in [1.29, 1.82) is 0 Å². The molecule has 0 saturated heterocycles. The summed E-state index contributed by atoms with van der Waals surface area (Å²) in [4.78, 5) is 15.2. The minimum atomic E-state index is -4.16. The zero-order chi connectivity index (χ0) is 15.7. The number of hydrogen-bond donors (Lipinski definition) is 1. The van der Waals surface area contributed by atoms with Crippen molar-refractivity contribution in [1.82, 2.24) is 9.55 Å². The summed E-state index contributed by atoms with van der Waals surface area (Å²) in [5.74, 6) is -0.768. The highest BCUT2D eigenvalue weighted by atomic mass is 32.2. The van der Waals surface area contributed by atoms with Crippen molar-refractivity contribution >= 4 is 16.1 Å². The molecule has 3 rings (SSSR count). The van der Waals surface area contributed by atoms with Crippen LogP contribution in [0.5, 0.6) is 5.75 Å². The van der Waals surface area contributed by atoms with Crippen molar-refractivity contribution < 1.29 is 22.5 Å². The molecule has 8 heteroatoms. The fourth-order valence-corrected chi connectivity index (χ4v) is 3.32. The molecule has 1 N–H and O–H groups in total. The molecule has 0 atom stereocenters. The minimum absolute atomic E-state index is 0.190. The van der Waals surface area contributed by atoms with Gasteiger partial charge < -0.3 is 13.9 Å². The first-order valence-corrected chi connectivity index (χ1v) is 8.21. The van der Waals surface area contributed by atoms with Gasteiger partial charge in [-0.2, -0.15) is 8.42 Å². The molecule has 0 amide bonds. The van der Waals surface area contributed by atoms with Crippen LogP contribution in [0.2, 0.25) is 0 Å². The first kappa shape index (κ1) is 14.6. The molecular formula is C14H14N2O5S. The lowest BCUT2D eigenvalue weighted by molar-refractivity contribution is 0.0695. The van der Waals surface area contributed by atoms with E-state index in [2.05, 4.69) is 4.98 Å². The van der Waals surface area contributed by atoms with Gasteiger partial charge in [-0.3, -0.25) is 0 Å². The van der Waals surface area contributed by atoms with Crippen LogP contribution < -0.4 is 4.18 Å². The molecule has 0 radical (unpaired) electrons. The van der Waals surface area contributed by atoms with E-state index in [4.69, 9.17) is 9.29 Å². The molecule has 0 spiro atoms. The van der Waals surface area contributed by atoms with Crippen LogP contribution in [0.4, 0.5) is 0 Å². The Morgan fingerprint density at radius 1 is 1.27 bits per heavy atom. The second-order valence-corrected chi connectivity index (χ2v) is 6.48. The molecule has 116 valence electrons. The maximum Gasteiger partial charge on any atom is 0.358 e. The van der Waals surface area contributed by atoms with Crippen LogP contribution in [0.1, 0.15) is 29.0 Å². The minimum Gasteiger partial charge on any atom is -0.478 e. The van der Waals surface area contributed by atoms with E-state index in [9.17, 15) is 13.2 Å². The molecule has 0 bridgehead atoms. The number of hydrogen-bond acceptors (Lipinski definition) is 5. The maximum atomic E-state index is 12.3. The van der Waals surface area contributed by atoms with Gasteiger partial charge in [0.15, 0.2) is 5.75 Å². The summed E-state index contributed by atoms with van der Waals surface area (Å²) in [7, 11) is -4.16. The molecule has 0 saturated carbocycles. The van der Waals surface area contributed by atoms with Crippen LogP contribution >= 0.6 is 0 Å². The van der Waals surface area contributed by atoms with Crippen molar-refractivity contribution in [3.8, 4) is 5.75 Å². The number of carboxylic acid groups (broad SMARTS) is 1. The topological polar surface area (TPSA) is 98.5 Å². The quantitative estimate of drug-likeness (QED) is 0.860. The summed E-state index contributed by atoms with van der Waals surface area (Å²) >= 11 is 0. The SMILES string of the molecule is O=C(O)c1ccccc1OS(=O)(=O)c1cn2c(n1)CCCC2. The zero-order valence-electron chi connectivity index (χ0n) is 11.6. The first-order valence-electron chi connectivity index (χ1n) is 6.80. The summed E-state index contributed by atoms with van der Waals surface area (Å²) in [6, 6.07) is 5.59. The summed E-state index contributed by atoms with van der Waals surface area (Å²) in [5.41, 5.74) is -0.213. The number of para-hydroxylation sites is 1. The number of aromatic carboxylic acids is 1. The van der Waals surface area contributed by atoms with Crippen LogP contribution in [0.15, 0.2) is 35.5 Å². The second-order valence-electron chi connectivity index (χ2n) is 4.98. The van der Waals surface area contributed by atoms with E-state index in [0.29, 0.717) is 5.82 Å². The number of aromatic nitrogens is 2. The van der Waals surface area contributed by atoms with E-state index in [-0.39, 0.29) is 16.3 Å². The third-order valence-corrected chi connectivity index (χ3v) is 4.57. The Labute approximate surface area is 127 Å². The Balaban J connectivity index is 1.94. The van der Waals surface area contributed by atoms with Gasteiger partial charge in [-0.15, -0.1) is 0 Å². The summed E-state index contributed by atoms with van der Waals surface area (Å²) in [5, 5.41) is 8.88. The predicted molar refractivity (Wildman–Crippen MR) is 76.4 cm³/mol. The van der Waals surface area contributed by atoms with Crippen molar-refractivity contribution in [3.05, 3.63) is 41.9 Å². The molecule has 2 aromatic rings. The van der Waals surface area contributed by atoms with Gasteiger partial charge in [0.1, 0.15) is 11.4 Å². The highest BCUT2D eigenvalue weighted by Gasteiger charge is 2.25. The van der Waals surface area contributed by atoms with E-state index in [0.717, 1.165) is 25.8 Å². The Bertz CT molecular complexity index is 802. The van der Waals surface area contributed by atoms with E-state index in [1.165, 1.54) is 30.5 Å². The van der Waals surface area contributed by atoms with Gasteiger partial charge in [0.05, 0.1) is 0 Å². The molecule has 2 heterocycles. The smallest absolute Gasteiger partial charge is 0.358 e. The average molecular weight is 322 g/mol. The van der Waals surface area contributed by atoms with Gasteiger partial charge in [0, 0.05) is 19.2 Å². The fraction of sp³-hybridized carbons (Fsp3) is 0.286. The van der Waals surface area contributed by atoms with Crippen molar-refractivity contribution in [2.75, 3.05) is 0 Å². The molecule has 0 aliphatic carbocycles. The standard InChI is InChI=1S/C14H14N2O5S/c17-14(18)10-5-1-2-6-11(10)21-22(19,20)13-9-16-8-4-3-7-12(16)15-13/h1-2,5-6,9H,3-4,7-8H2,(H,17,18). The monoisotopic (exact) mass is 322 g/mol. The molecule has 22 heavy (non-hydrogen) atoms. The normalized spacial score (nSPS) is 14.4. The number of fused-ring (bicyclic) bond motifs is 1. The van der Waals surface area contributed by atoms with Gasteiger partial charge in [0.25, 0.3) is 0 Å². The molecule has 1 aromatic carbocycles.